The summed E-state index contributed by atoms with van der Waals surface area (Å²) < 4.78 is 5.12. The van der Waals surface area contributed by atoms with Gasteiger partial charge >= 0.3 is 0 Å². The fourth-order valence-corrected chi connectivity index (χ4v) is 10.9. The third-order valence-corrected chi connectivity index (χ3v) is 11.2. The smallest absolute Gasteiger partial charge is 0.263 e. The van der Waals surface area contributed by atoms with Crippen molar-refractivity contribution in [3.63, 3.8) is 0 Å². The van der Waals surface area contributed by atoms with Gasteiger partial charge in [0, 0.05) is 5.69 Å². The Hall–Kier alpha value is -1.81. The van der Waals surface area contributed by atoms with Gasteiger partial charge in [-0.2, -0.15) is 0 Å². The average Bonchev–Trinajstić information content (AvgIpc) is 3.25. The van der Waals surface area contributed by atoms with Crippen molar-refractivity contribution in [3.05, 3.63) is 48.5 Å². The largest absolute Gasteiger partial charge is 0.827 e. The van der Waals surface area contributed by atoms with E-state index in [0.717, 1.165) is 47.0 Å². The van der Waals surface area contributed by atoms with Crippen molar-refractivity contribution in [3.8, 4) is 0 Å². The van der Waals surface area contributed by atoms with Crippen molar-refractivity contribution in [2.75, 3.05) is 5.32 Å². The van der Waals surface area contributed by atoms with Crippen molar-refractivity contribution in [2.24, 2.45) is 35.5 Å². The predicted octanol–water partition coefficient (Wildman–Crippen LogP) is 5.10. The quantitative estimate of drug-likeness (QED) is 0.502. The molecular formula is C30H39N3O. The second-order valence-electron chi connectivity index (χ2n) is 13.6. The van der Waals surface area contributed by atoms with Crippen LogP contribution in [0.5, 0.6) is 0 Å². The lowest BCUT2D eigenvalue weighted by Crippen LogP contribution is -2.67. The van der Waals surface area contributed by atoms with Crippen LogP contribution in [0.3, 0.4) is 0 Å². The Morgan fingerprint density at radius 1 is 0.765 bits per heavy atom. The third-order valence-electron chi connectivity index (χ3n) is 11.2. The highest BCUT2D eigenvalue weighted by Crippen LogP contribution is 2.60. The first-order valence-electron chi connectivity index (χ1n) is 14.2. The van der Waals surface area contributed by atoms with Gasteiger partial charge in [0.2, 0.25) is 0 Å². The molecule has 0 saturated heterocycles. The van der Waals surface area contributed by atoms with Gasteiger partial charge in [-0.25, -0.2) is 9.13 Å². The molecule has 8 fully saturated rings. The molecule has 1 N–H and O–H groups in total. The van der Waals surface area contributed by atoms with Crippen molar-refractivity contribution in [1.29, 1.82) is 0 Å². The molecule has 4 nitrogen and oxygen atoms in total. The molecule has 1 atom stereocenters. The van der Waals surface area contributed by atoms with Crippen molar-refractivity contribution in [2.45, 2.75) is 94.4 Å². The number of imidazole rings is 1. The number of nitrogens with one attached hydrogen (secondary N) is 1. The van der Waals surface area contributed by atoms with Crippen LogP contribution in [0.15, 0.2) is 42.7 Å². The highest BCUT2D eigenvalue weighted by molar-refractivity contribution is 5.43. The Bertz CT molecular complexity index is 956. The molecule has 0 amide bonds. The Morgan fingerprint density at radius 3 is 1.79 bits per heavy atom. The lowest BCUT2D eigenvalue weighted by Gasteiger charge is -2.56. The second kappa shape index (κ2) is 7.12. The van der Waals surface area contributed by atoms with Gasteiger partial charge in [0.15, 0.2) is 0 Å². The SMILES string of the molecule is [O-]C(Nc1ccccc1)c1n(C23CC4CC(CC(C4)C2)C3)cc[n+]1C12CC3CC(CC(C3)C1)C2. The summed E-state index contributed by atoms with van der Waals surface area (Å²) in [7, 11) is 0. The topological polar surface area (TPSA) is 43.9 Å². The zero-order chi connectivity index (χ0) is 22.5. The van der Waals surface area contributed by atoms with E-state index in [-0.39, 0.29) is 11.1 Å². The Balaban J connectivity index is 1.24. The van der Waals surface area contributed by atoms with Gasteiger partial charge in [-0.15, -0.1) is 0 Å². The molecule has 8 aliphatic rings. The van der Waals surface area contributed by atoms with Crippen LogP contribution in [0.4, 0.5) is 5.69 Å². The van der Waals surface area contributed by atoms with Crippen molar-refractivity contribution < 1.29 is 9.67 Å². The van der Waals surface area contributed by atoms with Gasteiger partial charge in [0.25, 0.3) is 5.82 Å². The molecule has 4 heteroatoms. The number of benzene rings is 1. The van der Waals surface area contributed by atoms with E-state index in [2.05, 4.69) is 26.8 Å². The molecule has 1 heterocycles. The molecule has 0 radical (unpaired) electrons. The molecule has 10 rings (SSSR count). The monoisotopic (exact) mass is 457 g/mol. The summed E-state index contributed by atoms with van der Waals surface area (Å²) in [6.45, 7) is 0. The van der Waals surface area contributed by atoms with Crippen LogP contribution in [-0.4, -0.2) is 4.57 Å². The van der Waals surface area contributed by atoms with E-state index in [1.54, 1.807) is 0 Å². The fraction of sp³-hybridized carbons (Fsp3) is 0.700. The number of rotatable bonds is 5. The van der Waals surface area contributed by atoms with E-state index >= 15 is 0 Å². The van der Waals surface area contributed by atoms with Crippen LogP contribution in [0.25, 0.3) is 0 Å². The van der Waals surface area contributed by atoms with Gasteiger partial charge in [0.1, 0.15) is 23.5 Å². The minimum Gasteiger partial charge on any atom is -0.827 e. The molecule has 8 aliphatic carbocycles. The zero-order valence-corrected chi connectivity index (χ0v) is 20.4. The van der Waals surface area contributed by atoms with E-state index in [9.17, 15) is 5.11 Å². The van der Waals surface area contributed by atoms with E-state index in [1.165, 1.54) is 77.0 Å². The molecular weight excluding hydrogens is 418 g/mol. The highest BCUT2D eigenvalue weighted by atomic mass is 16.3. The molecule has 1 aromatic carbocycles. The standard InChI is InChI=1S/C30H39N3O/c34-27(31-26-4-2-1-3-5-26)28-32(29-14-20-8-21(15-29)10-22(9-20)16-29)6-7-33(28)30-17-23-11-24(18-30)13-25(12-23)19-30/h1-7,20-25,27,31H,8-19H2. The fourth-order valence-electron chi connectivity index (χ4n) is 10.9. The summed E-state index contributed by atoms with van der Waals surface area (Å²) in [6.07, 6.45) is 20.2. The van der Waals surface area contributed by atoms with Gasteiger partial charge in [-0.1, -0.05) is 18.2 Å². The Morgan fingerprint density at radius 2 is 1.26 bits per heavy atom. The van der Waals surface area contributed by atoms with Gasteiger partial charge in [-0.05, 0) is 125 Å². The Kier molecular flexibility index (Phi) is 4.27. The maximum absolute atomic E-state index is 14.2. The third kappa shape index (κ3) is 2.96. The lowest BCUT2D eigenvalue weighted by molar-refractivity contribution is -0.790. The summed E-state index contributed by atoms with van der Waals surface area (Å²) in [4.78, 5) is 0. The molecule has 1 unspecified atom stereocenters. The highest BCUT2D eigenvalue weighted by Gasteiger charge is 2.59. The van der Waals surface area contributed by atoms with Crippen LogP contribution in [-0.2, 0) is 11.1 Å². The van der Waals surface area contributed by atoms with Crippen LogP contribution in [0, 0.1) is 35.5 Å². The zero-order valence-electron chi connectivity index (χ0n) is 20.4. The lowest BCUT2D eigenvalue weighted by atomic mass is 9.52. The summed E-state index contributed by atoms with van der Waals surface area (Å²) in [6, 6.07) is 10.2. The molecule has 0 spiro atoms. The Labute approximate surface area is 203 Å². The first kappa shape index (κ1) is 20.4. The van der Waals surface area contributed by atoms with Gasteiger partial charge < -0.3 is 10.4 Å². The van der Waals surface area contributed by atoms with Gasteiger partial charge in [0.05, 0.1) is 6.23 Å². The van der Waals surface area contributed by atoms with Crippen molar-refractivity contribution in [1.82, 2.24) is 4.57 Å². The van der Waals surface area contributed by atoms with Gasteiger partial charge in [-0.3, -0.25) is 0 Å². The maximum atomic E-state index is 14.2. The summed E-state index contributed by atoms with van der Waals surface area (Å²) in [5.74, 6) is 6.29. The molecule has 8 bridgehead atoms. The number of anilines is 1. The van der Waals surface area contributed by atoms with Crippen LogP contribution >= 0.6 is 0 Å². The van der Waals surface area contributed by atoms with E-state index in [1.807, 2.05) is 30.3 Å². The summed E-state index contributed by atoms with van der Waals surface area (Å²) in [5.41, 5.74) is 1.30. The molecule has 8 saturated carbocycles. The number of nitrogens with zero attached hydrogens (tertiary/aromatic N) is 2. The van der Waals surface area contributed by atoms with E-state index in [4.69, 9.17) is 0 Å². The number of aromatic nitrogens is 2. The second-order valence-corrected chi connectivity index (χ2v) is 13.6. The number of para-hydroxylation sites is 1. The first-order valence-corrected chi connectivity index (χ1v) is 14.2. The average molecular weight is 458 g/mol. The summed E-state index contributed by atoms with van der Waals surface area (Å²) >= 11 is 0. The molecule has 34 heavy (non-hydrogen) atoms. The minimum atomic E-state index is -0.932. The molecule has 0 aliphatic heterocycles. The molecule has 180 valence electrons. The normalized spacial score (nSPS) is 44.5. The van der Waals surface area contributed by atoms with Crippen LogP contribution < -0.4 is 15.0 Å². The number of hydrogen-bond acceptors (Lipinski definition) is 2. The molecule has 1 aromatic heterocycles. The van der Waals surface area contributed by atoms with Crippen LogP contribution in [0.1, 0.15) is 89.1 Å². The van der Waals surface area contributed by atoms with E-state index in [0.29, 0.717) is 0 Å². The van der Waals surface area contributed by atoms with E-state index < -0.39 is 6.23 Å². The number of hydrogen-bond donors (Lipinski definition) is 1. The maximum Gasteiger partial charge on any atom is 0.263 e. The summed E-state index contributed by atoms with van der Waals surface area (Å²) in [5, 5.41) is 17.6. The van der Waals surface area contributed by atoms with Crippen LogP contribution in [0.2, 0.25) is 0 Å². The first-order chi connectivity index (χ1) is 16.6. The predicted molar refractivity (Wildman–Crippen MR) is 130 cm³/mol. The molecule has 2 aromatic rings. The minimum absolute atomic E-state index is 0.179. The van der Waals surface area contributed by atoms with Crippen molar-refractivity contribution >= 4 is 5.69 Å².